The first-order chi connectivity index (χ1) is 6.02. The summed E-state index contributed by atoms with van der Waals surface area (Å²) in [5, 5.41) is 9.46. The van der Waals surface area contributed by atoms with Crippen molar-refractivity contribution in [3.63, 3.8) is 0 Å². The predicted molar refractivity (Wildman–Crippen MR) is 50.0 cm³/mol. The number of aliphatic hydroxyl groups is 1. The van der Waals surface area contributed by atoms with E-state index in [0.717, 1.165) is 0 Å². The molecule has 0 aliphatic carbocycles. The van der Waals surface area contributed by atoms with Gasteiger partial charge >= 0.3 is 0 Å². The summed E-state index contributed by atoms with van der Waals surface area (Å²) in [6, 6.07) is 3.49. The molecule has 1 aromatic carbocycles. The zero-order chi connectivity index (χ0) is 10.0. The number of nitrogens with two attached hydrogens (primary N) is 1. The molecule has 4 heteroatoms. The lowest BCUT2D eigenvalue weighted by Crippen LogP contribution is -2.24. The molecule has 0 aliphatic rings. The molecule has 0 aromatic heterocycles. The largest absolute Gasteiger partial charge is 0.391 e. The Morgan fingerprint density at radius 2 is 2.15 bits per heavy atom. The van der Waals surface area contributed by atoms with Gasteiger partial charge < -0.3 is 10.8 Å². The second-order valence-electron chi connectivity index (χ2n) is 2.93. The summed E-state index contributed by atoms with van der Waals surface area (Å²) in [4.78, 5) is 0. The van der Waals surface area contributed by atoms with Gasteiger partial charge in [0.1, 0.15) is 5.82 Å². The Hall–Kier alpha value is -0.640. The van der Waals surface area contributed by atoms with Crippen molar-refractivity contribution in [1.29, 1.82) is 0 Å². The van der Waals surface area contributed by atoms with Gasteiger partial charge in [-0.3, -0.25) is 0 Å². The normalized spacial score (nSPS) is 15.5. The average Bonchev–Trinajstić information content (AvgIpc) is 2.03. The summed E-state index contributed by atoms with van der Waals surface area (Å²) in [5.74, 6) is -0.485. The van der Waals surface area contributed by atoms with Gasteiger partial charge in [0.15, 0.2) is 0 Å². The SMILES string of the molecule is CC(O)[C@H](N)c1ccc(Cl)cc1F. The minimum atomic E-state index is -0.782. The number of aliphatic hydroxyl groups excluding tert-OH is 1. The van der Waals surface area contributed by atoms with Gasteiger partial charge in [-0.1, -0.05) is 17.7 Å². The third kappa shape index (κ3) is 2.40. The first-order valence-corrected chi connectivity index (χ1v) is 4.28. The van der Waals surface area contributed by atoms with Crippen LogP contribution < -0.4 is 5.73 Å². The minimum Gasteiger partial charge on any atom is -0.391 e. The summed E-state index contributed by atoms with van der Waals surface area (Å²) >= 11 is 5.56. The maximum Gasteiger partial charge on any atom is 0.129 e. The Bertz CT molecular complexity index is 304. The van der Waals surface area contributed by atoms with Gasteiger partial charge in [0.05, 0.1) is 12.1 Å². The van der Waals surface area contributed by atoms with E-state index < -0.39 is 18.0 Å². The first kappa shape index (κ1) is 10.4. The van der Waals surface area contributed by atoms with Crippen LogP contribution in [0.4, 0.5) is 4.39 Å². The Balaban J connectivity index is 3.01. The Morgan fingerprint density at radius 1 is 1.54 bits per heavy atom. The Morgan fingerprint density at radius 3 is 2.62 bits per heavy atom. The average molecular weight is 204 g/mol. The molecule has 1 aromatic rings. The Labute approximate surface area is 81.1 Å². The van der Waals surface area contributed by atoms with E-state index in [2.05, 4.69) is 0 Å². The molecule has 0 bridgehead atoms. The molecular formula is C9H11ClFNO. The molecule has 2 nitrogen and oxygen atoms in total. The quantitative estimate of drug-likeness (QED) is 0.771. The van der Waals surface area contributed by atoms with Crippen LogP contribution in [-0.2, 0) is 0 Å². The highest BCUT2D eigenvalue weighted by atomic mass is 35.5. The van der Waals surface area contributed by atoms with Crippen LogP contribution in [0.15, 0.2) is 18.2 Å². The lowest BCUT2D eigenvalue weighted by atomic mass is 10.0. The van der Waals surface area contributed by atoms with Crippen molar-refractivity contribution in [2.75, 3.05) is 0 Å². The smallest absolute Gasteiger partial charge is 0.129 e. The summed E-state index contributed by atoms with van der Waals surface area (Å²) < 4.78 is 13.2. The lowest BCUT2D eigenvalue weighted by molar-refractivity contribution is 0.162. The fourth-order valence-electron chi connectivity index (χ4n) is 1.03. The van der Waals surface area contributed by atoms with Gasteiger partial charge in [-0.05, 0) is 19.1 Å². The molecule has 0 fully saturated rings. The van der Waals surface area contributed by atoms with E-state index in [0.29, 0.717) is 5.02 Å². The number of halogens is 2. The van der Waals surface area contributed by atoms with Crippen molar-refractivity contribution >= 4 is 11.6 Å². The van der Waals surface area contributed by atoms with E-state index in [1.165, 1.54) is 19.1 Å². The molecule has 0 spiro atoms. The topological polar surface area (TPSA) is 46.2 Å². The number of benzene rings is 1. The van der Waals surface area contributed by atoms with Gasteiger partial charge in [0.25, 0.3) is 0 Å². The molecule has 72 valence electrons. The van der Waals surface area contributed by atoms with Crippen molar-refractivity contribution in [1.82, 2.24) is 0 Å². The summed E-state index contributed by atoms with van der Waals surface area (Å²) in [6.45, 7) is 1.51. The van der Waals surface area contributed by atoms with Crippen LogP contribution in [0, 0.1) is 5.82 Å². The molecular weight excluding hydrogens is 193 g/mol. The minimum absolute atomic E-state index is 0.277. The van der Waals surface area contributed by atoms with Crippen LogP contribution in [-0.4, -0.2) is 11.2 Å². The van der Waals surface area contributed by atoms with Crippen LogP contribution in [0.25, 0.3) is 0 Å². The highest BCUT2D eigenvalue weighted by Gasteiger charge is 2.15. The summed E-state index contributed by atoms with van der Waals surface area (Å²) in [7, 11) is 0. The molecule has 0 radical (unpaired) electrons. The highest BCUT2D eigenvalue weighted by molar-refractivity contribution is 6.30. The van der Waals surface area contributed by atoms with E-state index in [1.54, 1.807) is 6.07 Å². The molecule has 1 rings (SSSR count). The molecule has 0 saturated carbocycles. The standard InChI is InChI=1S/C9H11ClFNO/c1-5(13)9(12)7-3-2-6(10)4-8(7)11/h2-5,9,13H,12H2,1H3/t5?,9-/m0/s1. The second-order valence-corrected chi connectivity index (χ2v) is 3.37. The van der Waals surface area contributed by atoms with E-state index in [4.69, 9.17) is 22.4 Å². The van der Waals surface area contributed by atoms with Crippen molar-refractivity contribution in [2.45, 2.75) is 19.1 Å². The van der Waals surface area contributed by atoms with Crippen LogP contribution in [0.2, 0.25) is 5.02 Å². The van der Waals surface area contributed by atoms with E-state index in [9.17, 15) is 4.39 Å². The van der Waals surface area contributed by atoms with Crippen molar-refractivity contribution in [3.05, 3.63) is 34.6 Å². The molecule has 0 heterocycles. The van der Waals surface area contributed by atoms with Gasteiger partial charge in [-0.25, -0.2) is 4.39 Å². The fraction of sp³-hybridized carbons (Fsp3) is 0.333. The fourth-order valence-corrected chi connectivity index (χ4v) is 1.19. The lowest BCUT2D eigenvalue weighted by Gasteiger charge is -2.15. The third-order valence-electron chi connectivity index (χ3n) is 1.84. The van der Waals surface area contributed by atoms with Crippen LogP contribution >= 0.6 is 11.6 Å². The second kappa shape index (κ2) is 4.05. The van der Waals surface area contributed by atoms with Crippen LogP contribution in [0.3, 0.4) is 0 Å². The molecule has 0 saturated heterocycles. The van der Waals surface area contributed by atoms with Gasteiger partial charge in [-0.15, -0.1) is 0 Å². The van der Waals surface area contributed by atoms with Crippen molar-refractivity contribution < 1.29 is 9.50 Å². The van der Waals surface area contributed by atoms with Crippen LogP contribution in [0.1, 0.15) is 18.5 Å². The monoisotopic (exact) mass is 203 g/mol. The van der Waals surface area contributed by atoms with Crippen molar-refractivity contribution in [3.8, 4) is 0 Å². The van der Waals surface area contributed by atoms with Gasteiger partial charge in [0.2, 0.25) is 0 Å². The maximum atomic E-state index is 13.2. The molecule has 0 amide bonds. The van der Waals surface area contributed by atoms with E-state index in [-0.39, 0.29) is 5.56 Å². The molecule has 0 aliphatic heterocycles. The molecule has 13 heavy (non-hydrogen) atoms. The first-order valence-electron chi connectivity index (χ1n) is 3.91. The molecule has 2 atom stereocenters. The predicted octanol–water partition coefficient (Wildman–Crippen LogP) is 1.86. The number of hydrogen-bond donors (Lipinski definition) is 2. The molecule has 1 unspecified atom stereocenters. The van der Waals surface area contributed by atoms with E-state index in [1.807, 2.05) is 0 Å². The number of hydrogen-bond acceptors (Lipinski definition) is 2. The maximum absolute atomic E-state index is 13.2. The van der Waals surface area contributed by atoms with Gasteiger partial charge in [-0.2, -0.15) is 0 Å². The Kier molecular flexibility index (Phi) is 3.25. The highest BCUT2D eigenvalue weighted by Crippen LogP contribution is 2.21. The van der Waals surface area contributed by atoms with E-state index >= 15 is 0 Å². The number of rotatable bonds is 2. The van der Waals surface area contributed by atoms with Crippen molar-refractivity contribution in [2.24, 2.45) is 5.73 Å². The zero-order valence-corrected chi connectivity index (χ0v) is 7.92. The summed E-state index contributed by atoms with van der Waals surface area (Å²) in [5.41, 5.74) is 5.83. The molecule has 3 N–H and O–H groups in total. The van der Waals surface area contributed by atoms with Crippen LogP contribution in [0.5, 0.6) is 0 Å². The summed E-state index contributed by atoms with van der Waals surface area (Å²) in [6.07, 6.45) is -0.782. The third-order valence-corrected chi connectivity index (χ3v) is 2.08. The zero-order valence-electron chi connectivity index (χ0n) is 7.17. The van der Waals surface area contributed by atoms with Gasteiger partial charge in [0, 0.05) is 10.6 Å².